The van der Waals surface area contributed by atoms with Crippen LogP contribution >= 0.6 is 11.8 Å². The van der Waals surface area contributed by atoms with Crippen molar-refractivity contribution in [2.45, 2.75) is 19.5 Å². The summed E-state index contributed by atoms with van der Waals surface area (Å²) < 4.78 is 0. The van der Waals surface area contributed by atoms with Crippen molar-refractivity contribution in [1.82, 2.24) is 4.90 Å². The highest BCUT2D eigenvalue weighted by Crippen LogP contribution is 2.24. The van der Waals surface area contributed by atoms with Crippen LogP contribution in [-0.4, -0.2) is 29.0 Å². The Labute approximate surface area is 136 Å². The first-order chi connectivity index (χ1) is 10.8. The van der Waals surface area contributed by atoms with Crippen LogP contribution in [0.4, 0.5) is 0 Å². The summed E-state index contributed by atoms with van der Waals surface area (Å²) in [4.78, 5) is 2.55. The van der Waals surface area contributed by atoms with Crippen molar-refractivity contribution < 1.29 is 0 Å². The van der Waals surface area contributed by atoms with Crippen LogP contribution in [0.3, 0.4) is 0 Å². The molecule has 112 valence electrons. The molecule has 1 saturated heterocycles. The monoisotopic (exact) mass is 308 g/mol. The fourth-order valence-electron chi connectivity index (χ4n) is 2.85. The molecule has 1 unspecified atom stereocenters. The maximum Gasteiger partial charge on any atom is 0.0998 e. The summed E-state index contributed by atoms with van der Waals surface area (Å²) in [6.07, 6.45) is 0. The average molecular weight is 308 g/mol. The first-order valence-electron chi connectivity index (χ1n) is 7.68. The van der Waals surface area contributed by atoms with E-state index in [-0.39, 0.29) is 0 Å². The van der Waals surface area contributed by atoms with Gasteiger partial charge in [0.1, 0.15) is 0 Å². The molecule has 0 aromatic heterocycles. The molecule has 2 aromatic rings. The minimum Gasteiger partial charge on any atom is -0.295 e. The molecule has 1 atom stereocenters. The van der Waals surface area contributed by atoms with E-state index in [9.17, 15) is 5.26 Å². The van der Waals surface area contributed by atoms with Crippen LogP contribution in [0.15, 0.2) is 48.5 Å². The van der Waals surface area contributed by atoms with Crippen molar-refractivity contribution >= 4 is 11.8 Å². The van der Waals surface area contributed by atoms with Gasteiger partial charge in [0.05, 0.1) is 11.6 Å². The summed E-state index contributed by atoms with van der Waals surface area (Å²) in [7, 11) is 0. The van der Waals surface area contributed by atoms with E-state index in [0.717, 1.165) is 23.2 Å². The Morgan fingerprint density at radius 3 is 2.68 bits per heavy atom. The van der Waals surface area contributed by atoms with Crippen molar-refractivity contribution in [2.75, 3.05) is 18.1 Å². The number of nitriles is 1. The highest BCUT2D eigenvalue weighted by molar-refractivity contribution is 7.99. The number of nitrogens with zero attached hydrogens (tertiary/aromatic N) is 2. The molecular weight excluding hydrogens is 288 g/mol. The molecule has 2 nitrogen and oxygen atoms in total. The largest absolute Gasteiger partial charge is 0.295 e. The van der Waals surface area contributed by atoms with Gasteiger partial charge in [-0.25, -0.2) is 0 Å². The lowest BCUT2D eigenvalue weighted by Crippen LogP contribution is -2.39. The van der Waals surface area contributed by atoms with Gasteiger partial charge in [-0.1, -0.05) is 42.5 Å². The van der Waals surface area contributed by atoms with E-state index in [1.54, 1.807) is 0 Å². The van der Waals surface area contributed by atoms with Gasteiger partial charge in [-0.3, -0.25) is 4.90 Å². The first-order valence-corrected chi connectivity index (χ1v) is 8.83. The molecule has 3 heteroatoms. The highest BCUT2D eigenvalue weighted by Gasteiger charge is 2.18. The molecule has 1 aliphatic rings. The topological polar surface area (TPSA) is 27.0 Å². The highest BCUT2D eigenvalue weighted by atomic mass is 32.2. The van der Waals surface area contributed by atoms with Gasteiger partial charge in [-0.15, -0.1) is 0 Å². The zero-order valence-electron chi connectivity index (χ0n) is 12.8. The van der Waals surface area contributed by atoms with Crippen LogP contribution in [0.1, 0.15) is 18.1 Å². The van der Waals surface area contributed by atoms with Crippen LogP contribution in [-0.2, 0) is 6.54 Å². The lowest BCUT2D eigenvalue weighted by molar-refractivity contribution is 0.224. The van der Waals surface area contributed by atoms with Crippen molar-refractivity contribution in [3.8, 4) is 17.2 Å². The fourth-order valence-corrected chi connectivity index (χ4v) is 3.94. The predicted octanol–water partition coefficient (Wildman–Crippen LogP) is 4.16. The van der Waals surface area contributed by atoms with Crippen LogP contribution in [0.25, 0.3) is 11.1 Å². The Kier molecular flexibility index (Phi) is 4.82. The molecule has 0 bridgehead atoms. The van der Waals surface area contributed by atoms with Crippen molar-refractivity contribution in [2.24, 2.45) is 0 Å². The normalized spacial score (nSPS) is 18.8. The van der Waals surface area contributed by atoms with Crippen molar-refractivity contribution in [3.63, 3.8) is 0 Å². The molecular formula is C19H20N2S. The SMILES string of the molecule is CC1CSCCN1Cc1ccc(-c2ccccc2C#N)cc1. The van der Waals surface area contributed by atoms with E-state index in [4.69, 9.17) is 0 Å². The smallest absolute Gasteiger partial charge is 0.0998 e. The molecule has 0 saturated carbocycles. The molecule has 0 N–H and O–H groups in total. The number of hydrogen-bond donors (Lipinski definition) is 0. The fraction of sp³-hybridized carbons (Fsp3) is 0.316. The summed E-state index contributed by atoms with van der Waals surface area (Å²) >= 11 is 2.05. The lowest BCUT2D eigenvalue weighted by atomic mass is 9.99. The Hall–Kier alpha value is -1.76. The van der Waals surface area contributed by atoms with Gasteiger partial charge >= 0.3 is 0 Å². The Morgan fingerprint density at radius 2 is 1.95 bits per heavy atom. The second-order valence-corrected chi connectivity index (χ2v) is 6.90. The molecule has 1 aliphatic heterocycles. The van der Waals surface area contributed by atoms with E-state index in [1.165, 1.54) is 23.6 Å². The quantitative estimate of drug-likeness (QED) is 0.852. The third kappa shape index (κ3) is 3.35. The molecule has 0 aliphatic carbocycles. The summed E-state index contributed by atoms with van der Waals surface area (Å²) in [6.45, 7) is 4.50. The van der Waals surface area contributed by atoms with Crippen molar-refractivity contribution in [3.05, 3.63) is 59.7 Å². The van der Waals surface area contributed by atoms with Gasteiger partial charge in [0.25, 0.3) is 0 Å². The third-order valence-corrected chi connectivity index (χ3v) is 5.39. The summed E-state index contributed by atoms with van der Waals surface area (Å²) in [6, 6.07) is 19.3. The van der Waals surface area contributed by atoms with Gasteiger partial charge in [0, 0.05) is 30.6 Å². The Morgan fingerprint density at radius 1 is 1.18 bits per heavy atom. The van der Waals surface area contributed by atoms with Gasteiger partial charge in [-0.2, -0.15) is 17.0 Å². The van der Waals surface area contributed by atoms with Crippen molar-refractivity contribution in [1.29, 1.82) is 5.26 Å². The molecule has 1 fully saturated rings. The van der Waals surface area contributed by atoms with Crippen LogP contribution in [0.2, 0.25) is 0 Å². The maximum atomic E-state index is 9.22. The average Bonchev–Trinajstić information content (AvgIpc) is 2.58. The second kappa shape index (κ2) is 7.00. The number of benzene rings is 2. The standard InChI is InChI=1S/C19H20N2S/c1-15-14-22-11-10-21(15)13-16-6-8-17(9-7-16)19-5-3-2-4-18(19)12-20/h2-9,15H,10-11,13-14H2,1H3. The molecule has 0 spiro atoms. The van der Waals surface area contributed by atoms with Crippen LogP contribution in [0, 0.1) is 11.3 Å². The molecule has 0 radical (unpaired) electrons. The molecule has 3 rings (SSSR count). The molecule has 22 heavy (non-hydrogen) atoms. The minimum atomic E-state index is 0.651. The molecule has 2 aromatic carbocycles. The lowest BCUT2D eigenvalue weighted by Gasteiger charge is -2.33. The molecule has 1 heterocycles. The predicted molar refractivity (Wildman–Crippen MR) is 93.8 cm³/mol. The summed E-state index contributed by atoms with van der Waals surface area (Å²) in [5, 5.41) is 9.22. The number of thioether (sulfide) groups is 1. The minimum absolute atomic E-state index is 0.651. The summed E-state index contributed by atoms with van der Waals surface area (Å²) in [5.41, 5.74) is 4.20. The van der Waals surface area contributed by atoms with E-state index in [0.29, 0.717) is 6.04 Å². The molecule has 0 amide bonds. The summed E-state index contributed by atoms with van der Waals surface area (Å²) in [5.74, 6) is 2.46. The van der Waals surface area contributed by atoms with Gasteiger partial charge < -0.3 is 0 Å². The van der Waals surface area contributed by atoms with E-state index in [2.05, 4.69) is 42.2 Å². The maximum absolute atomic E-state index is 9.22. The second-order valence-electron chi connectivity index (χ2n) is 5.75. The van der Waals surface area contributed by atoms with Crippen LogP contribution < -0.4 is 0 Å². The van der Waals surface area contributed by atoms with E-state index in [1.807, 2.05) is 36.0 Å². The first kappa shape index (κ1) is 15.1. The van der Waals surface area contributed by atoms with Crippen LogP contribution in [0.5, 0.6) is 0 Å². The van der Waals surface area contributed by atoms with Gasteiger partial charge in [0.15, 0.2) is 0 Å². The van der Waals surface area contributed by atoms with E-state index >= 15 is 0 Å². The zero-order chi connectivity index (χ0) is 15.4. The van der Waals surface area contributed by atoms with Gasteiger partial charge in [-0.05, 0) is 29.7 Å². The Balaban J connectivity index is 1.77. The number of rotatable bonds is 3. The van der Waals surface area contributed by atoms with Gasteiger partial charge in [0.2, 0.25) is 0 Å². The third-order valence-electron chi connectivity index (χ3n) is 4.20. The zero-order valence-corrected chi connectivity index (χ0v) is 13.6. The van der Waals surface area contributed by atoms with E-state index < -0.39 is 0 Å². The Bertz CT molecular complexity index is 673. The number of hydrogen-bond acceptors (Lipinski definition) is 3.